The highest BCUT2D eigenvalue weighted by molar-refractivity contribution is 4.84. The Hall–Kier alpha value is -0.120. The fourth-order valence-corrected chi connectivity index (χ4v) is 2.36. The van der Waals surface area contributed by atoms with Gasteiger partial charge in [-0.05, 0) is 33.6 Å². The molecule has 1 N–H and O–H groups in total. The van der Waals surface area contributed by atoms with Crippen LogP contribution in [0.1, 0.15) is 33.6 Å². The van der Waals surface area contributed by atoms with E-state index in [0.717, 1.165) is 6.04 Å². The molecule has 1 saturated carbocycles. The van der Waals surface area contributed by atoms with E-state index in [9.17, 15) is 0 Å². The van der Waals surface area contributed by atoms with Crippen molar-refractivity contribution in [3.63, 3.8) is 0 Å². The molecule has 0 radical (unpaired) electrons. The van der Waals surface area contributed by atoms with E-state index in [0.29, 0.717) is 5.54 Å². The molecule has 1 heterocycles. The van der Waals surface area contributed by atoms with Crippen LogP contribution in [-0.2, 0) is 0 Å². The smallest absolute Gasteiger partial charge is 0.0126 e. The number of piperazine rings is 1. The summed E-state index contributed by atoms with van der Waals surface area (Å²) in [6.07, 6.45) is 2.80. The third-order valence-electron chi connectivity index (χ3n) is 3.76. The summed E-state index contributed by atoms with van der Waals surface area (Å²) >= 11 is 0. The number of hydrogen-bond donors (Lipinski definition) is 1. The van der Waals surface area contributed by atoms with Crippen molar-refractivity contribution in [3.05, 3.63) is 0 Å². The minimum atomic E-state index is 0.346. The first-order chi connectivity index (χ1) is 7.55. The topological polar surface area (TPSA) is 18.5 Å². The maximum atomic E-state index is 3.59. The van der Waals surface area contributed by atoms with Crippen LogP contribution in [0, 0.1) is 0 Å². The molecule has 0 aromatic rings. The Balaban J connectivity index is 1.60. The van der Waals surface area contributed by atoms with Gasteiger partial charge in [-0.15, -0.1) is 0 Å². The Morgan fingerprint density at radius 1 is 1.06 bits per heavy atom. The number of hydrogen-bond acceptors (Lipinski definition) is 3. The summed E-state index contributed by atoms with van der Waals surface area (Å²) in [5, 5.41) is 3.59. The van der Waals surface area contributed by atoms with Crippen molar-refractivity contribution in [1.29, 1.82) is 0 Å². The van der Waals surface area contributed by atoms with E-state index in [2.05, 4.69) is 35.9 Å². The van der Waals surface area contributed by atoms with Gasteiger partial charge in [0.25, 0.3) is 0 Å². The van der Waals surface area contributed by atoms with Gasteiger partial charge < -0.3 is 5.32 Å². The number of nitrogens with one attached hydrogen (secondary N) is 1. The molecule has 0 atom stereocenters. The Morgan fingerprint density at radius 3 is 2.19 bits per heavy atom. The second-order valence-electron chi connectivity index (χ2n) is 6.23. The molecule has 3 heteroatoms. The summed E-state index contributed by atoms with van der Waals surface area (Å²) < 4.78 is 0. The zero-order valence-electron chi connectivity index (χ0n) is 11.1. The Bertz CT molecular complexity index is 210. The number of nitrogens with zero attached hydrogens (tertiary/aromatic N) is 2. The van der Waals surface area contributed by atoms with Gasteiger partial charge in [0.15, 0.2) is 0 Å². The predicted molar refractivity (Wildman–Crippen MR) is 68.8 cm³/mol. The molecule has 0 unspecified atom stereocenters. The van der Waals surface area contributed by atoms with Crippen molar-refractivity contribution in [2.45, 2.75) is 45.2 Å². The van der Waals surface area contributed by atoms with E-state index in [4.69, 9.17) is 0 Å². The molecule has 16 heavy (non-hydrogen) atoms. The average Bonchev–Trinajstić information content (AvgIpc) is 3.01. The van der Waals surface area contributed by atoms with Crippen LogP contribution >= 0.6 is 0 Å². The number of rotatable bonds is 4. The molecule has 3 nitrogen and oxygen atoms in total. The second kappa shape index (κ2) is 5.03. The second-order valence-corrected chi connectivity index (χ2v) is 6.23. The van der Waals surface area contributed by atoms with E-state index in [1.165, 1.54) is 52.1 Å². The van der Waals surface area contributed by atoms with Crippen LogP contribution in [0.25, 0.3) is 0 Å². The quantitative estimate of drug-likeness (QED) is 0.774. The highest BCUT2D eigenvalue weighted by atomic mass is 15.3. The standard InChI is InChI=1S/C13H27N3/c1-13(2,3)16-10-8-15(9-11-16)7-6-14-12-4-5-12/h12,14H,4-11H2,1-3H3. The highest BCUT2D eigenvalue weighted by Gasteiger charge is 2.26. The fourth-order valence-electron chi connectivity index (χ4n) is 2.36. The molecule has 0 aromatic carbocycles. The van der Waals surface area contributed by atoms with Gasteiger partial charge >= 0.3 is 0 Å². The van der Waals surface area contributed by atoms with Crippen molar-refractivity contribution in [2.75, 3.05) is 39.3 Å². The van der Waals surface area contributed by atoms with Crippen molar-refractivity contribution >= 4 is 0 Å². The van der Waals surface area contributed by atoms with Crippen molar-refractivity contribution in [3.8, 4) is 0 Å². The lowest BCUT2D eigenvalue weighted by atomic mass is 10.1. The van der Waals surface area contributed by atoms with Crippen molar-refractivity contribution < 1.29 is 0 Å². The third-order valence-corrected chi connectivity index (χ3v) is 3.76. The first kappa shape index (κ1) is 12.3. The van der Waals surface area contributed by atoms with Crippen molar-refractivity contribution in [1.82, 2.24) is 15.1 Å². The molecule has 0 spiro atoms. The zero-order chi connectivity index (χ0) is 11.6. The van der Waals surface area contributed by atoms with E-state index >= 15 is 0 Å². The molecule has 1 aliphatic heterocycles. The minimum Gasteiger partial charge on any atom is -0.313 e. The summed E-state index contributed by atoms with van der Waals surface area (Å²) in [4.78, 5) is 5.19. The van der Waals surface area contributed by atoms with Gasteiger partial charge in [-0.2, -0.15) is 0 Å². The van der Waals surface area contributed by atoms with Gasteiger partial charge in [-0.25, -0.2) is 0 Å². The summed E-state index contributed by atoms with van der Waals surface area (Å²) in [6, 6.07) is 0.857. The van der Waals surface area contributed by atoms with E-state index in [-0.39, 0.29) is 0 Å². The largest absolute Gasteiger partial charge is 0.313 e. The average molecular weight is 225 g/mol. The fraction of sp³-hybridized carbons (Fsp3) is 1.00. The Morgan fingerprint density at radius 2 is 1.69 bits per heavy atom. The lowest BCUT2D eigenvalue weighted by molar-refractivity contribution is 0.0628. The Kier molecular flexibility index (Phi) is 3.88. The van der Waals surface area contributed by atoms with Gasteiger partial charge in [0, 0.05) is 50.8 Å². The summed E-state index contributed by atoms with van der Waals surface area (Å²) in [7, 11) is 0. The SMILES string of the molecule is CC(C)(C)N1CCN(CCNC2CC2)CC1. The van der Waals surface area contributed by atoms with Crippen LogP contribution in [0.2, 0.25) is 0 Å². The highest BCUT2D eigenvalue weighted by Crippen LogP contribution is 2.18. The summed E-state index contributed by atoms with van der Waals surface area (Å²) in [5.41, 5.74) is 0.346. The molecule has 2 fully saturated rings. The lowest BCUT2D eigenvalue weighted by Crippen LogP contribution is -2.54. The maximum absolute atomic E-state index is 3.59. The molecule has 2 aliphatic rings. The van der Waals surface area contributed by atoms with E-state index in [1.807, 2.05) is 0 Å². The molecular formula is C13H27N3. The van der Waals surface area contributed by atoms with Gasteiger partial charge in [-0.1, -0.05) is 0 Å². The zero-order valence-corrected chi connectivity index (χ0v) is 11.1. The normalized spacial score (nSPS) is 24.9. The van der Waals surface area contributed by atoms with Crippen LogP contribution in [0.5, 0.6) is 0 Å². The van der Waals surface area contributed by atoms with Gasteiger partial charge in [0.2, 0.25) is 0 Å². The first-order valence-corrected chi connectivity index (χ1v) is 6.76. The molecule has 1 saturated heterocycles. The van der Waals surface area contributed by atoms with Gasteiger partial charge in [-0.3, -0.25) is 9.80 Å². The van der Waals surface area contributed by atoms with Crippen LogP contribution in [0.3, 0.4) is 0 Å². The summed E-state index contributed by atoms with van der Waals surface area (Å²) in [5.74, 6) is 0. The molecule has 0 amide bonds. The molecule has 2 rings (SSSR count). The molecule has 1 aliphatic carbocycles. The van der Waals surface area contributed by atoms with Crippen LogP contribution in [-0.4, -0.2) is 60.6 Å². The van der Waals surface area contributed by atoms with E-state index < -0.39 is 0 Å². The van der Waals surface area contributed by atoms with Crippen LogP contribution < -0.4 is 5.32 Å². The molecule has 94 valence electrons. The minimum absolute atomic E-state index is 0.346. The molecule has 0 aromatic heterocycles. The van der Waals surface area contributed by atoms with Crippen LogP contribution in [0.15, 0.2) is 0 Å². The van der Waals surface area contributed by atoms with Crippen LogP contribution in [0.4, 0.5) is 0 Å². The molecular weight excluding hydrogens is 198 g/mol. The predicted octanol–water partition coefficient (Wildman–Crippen LogP) is 1.15. The molecule has 0 bridgehead atoms. The van der Waals surface area contributed by atoms with Gasteiger partial charge in [0.05, 0.1) is 0 Å². The lowest BCUT2D eigenvalue weighted by Gasteiger charge is -2.42. The maximum Gasteiger partial charge on any atom is 0.0126 e. The van der Waals surface area contributed by atoms with Crippen molar-refractivity contribution in [2.24, 2.45) is 0 Å². The van der Waals surface area contributed by atoms with E-state index in [1.54, 1.807) is 0 Å². The third kappa shape index (κ3) is 3.72. The van der Waals surface area contributed by atoms with Gasteiger partial charge in [0.1, 0.15) is 0 Å². The monoisotopic (exact) mass is 225 g/mol. The Labute approximate surface area is 100 Å². The summed E-state index contributed by atoms with van der Waals surface area (Å²) in [6.45, 7) is 14.3. The first-order valence-electron chi connectivity index (χ1n) is 6.76.